The van der Waals surface area contributed by atoms with Crippen molar-refractivity contribution in [1.29, 1.82) is 0 Å². The lowest BCUT2D eigenvalue weighted by Crippen LogP contribution is -2.48. The van der Waals surface area contributed by atoms with Crippen LogP contribution in [0.1, 0.15) is 10.4 Å². The van der Waals surface area contributed by atoms with Gasteiger partial charge < -0.3 is 19.7 Å². The molecule has 1 saturated heterocycles. The molecule has 10 heteroatoms. The van der Waals surface area contributed by atoms with E-state index in [2.05, 4.69) is 5.32 Å². The maximum Gasteiger partial charge on any atom is 0.267 e. The van der Waals surface area contributed by atoms with Gasteiger partial charge >= 0.3 is 0 Å². The minimum atomic E-state index is -3.61. The Balaban J connectivity index is 1.56. The molecule has 0 radical (unpaired) electrons. The summed E-state index contributed by atoms with van der Waals surface area (Å²) in [4.78, 5) is 27.6. The van der Waals surface area contributed by atoms with Crippen LogP contribution in [0.4, 0.5) is 11.4 Å². The van der Waals surface area contributed by atoms with Crippen LogP contribution in [0.2, 0.25) is 0 Å². The van der Waals surface area contributed by atoms with Gasteiger partial charge in [-0.15, -0.1) is 0 Å². The highest BCUT2D eigenvalue weighted by atomic mass is 32.2. The number of benzene rings is 2. The fraction of sp³-hybridized carbons (Fsp3) is 0.333. The summed E-state index contributed by atoms with van der Waals surface area (Å²) in [5.74, 6) is -0.436. The van der Waals surface area contributed by atoms with E-state index in [9.17, 15) is 18.0 Å². The van der Waals surface area contributed by atoms with E-state index in [1.807, 2.05) is 0 Å². The first kappa shape index (κ1) is 21.1. The summed E-state index contributed by atoms with van der Waals surface area (Å²) in [6.07, 6.45) is 0.0107. The average molecular weight is 445 g/mol. The van der Waals surface area contributed by atoms with Gasteiger partial charge in [0.25, 0.3) is 11.8 Å². The number of amides is 2. The molecule has 4 rings (SSSR count). The monoisotopic (exact) mass is 445 g/mol. The molecule has 2 aliphatic heterocycles. The number of carbonyl (C=O) groups excluding carboxylic acids is 2. The van der Waals surface area contributed by atoms with E-state index in [-0.39, 0.29) is 12.5 Å². The second kappa shape index (κ2) is 8.56. The molecule has 2 amide bonds. The third-order valence-electron chi connectivity index (χ3n) is 5.14. The number of nitrogens with zero attached hydrogens (tertiary/aromatic N) is 2. The highest BCUT2D eigenvalue weighted by Crippen LogP contribution is 2.35. The fourth-order valence-electron chi connectivity index (χ4n) is 3.58. The number of ether oxygens (including phenoxy) is 2. The third-order valence-corrected chi connectivity index (χ3v) is 6.29. The predicted octanol–water partition coefficient (Wildman–Crippen LogP) is 1.32. The fourth-order valence-corrected chi connectivity index (χ4v) is 4.50. The first-order valence-electron chi connectivity index (χ1n) is 9.85. The molecule has 1 atom stereocenters. The second-order valence-electron chi connectivity index (χ2n) is 7.31. The number of rotatable bonds is 4. The molecule has 0 bridgehead atoms. The van der Waals surface area contributed by atoms with Crippen LogP contribution < -0.4 is 14.4 Å². The number of hydrogen-bond donors (Lipinski definition) is 1. The quantitative estimate of drug-likeness (QED) is 0.761. The van der Waals surface area contributed by atoms with Gasteiger partial charge in [-0.3, -0.25) is 13.9 Å². The molecule has 1 N–H and O–H groups in total. The van der Waals surface area contributed by atoms with Gasteiger partial charge in [-0.1, -0.05) is 24.3 Å². The number of morpholine rings is 1. The Morgan fingerprint density at radius 1 is 1.03 bits per heavy atom. The Labute approximate surface area is 180 Å². The molecular formula is C21H23N3O6S. The summed E-state index contributed by atoms with van der Waals surface area (Å²) in [5, 5.41) is 2.74. The van der Waals surface area contributed by atoms with Crippen LogP contribution in [0.5, 0.6) is 5.75 Å². The third kappa shape index (κ3) is 4.49. The summed E-state index contributed by atoms with van der Waals surface area (Å²) in [5.41, 5.74) is 1.09. The first-order chi connectivity index (χ1) is 14.8. The standard InChI is InChI=1S/C21H23N3O6S/c1-31(27,28)24-14-19(30-18-9-5-4-8-17(18)24)20(25)22-16-7-3-2-6-15(16)21(26)23-10-12-29-13-11-23/h2-9,19H,10-14H2,1H3,(H,22,25)/t19-/m1/s1. The van der Waals surface area contributed by atoms with Gasteiger partial charge in [0.2, 0.25) is 10.0 Å². The summed E-state index contributed by atoms with van der Waals surface area (Å²) < 4.78 is 36.8. The Hall–Kier alpha value is -3.11. The number of para-hydroxylation sites is 3. The predicted molar refractivity (Wildman–Crippen MR) is 115 cm³/mol. The number of sulfonamides is 1. The zero-order valence-electron chi connectivity index (χ0n) is 17.0. The average Bonchev–Trinajstić information content (AvgIpc) is 2.78. The molecule has 0 unspecified atom stereocenters. The molecule has 9 nitrogen and oxygen atoms in total. The SMILES string of the molecule is CS(=O)(=O)N1C[C@H](C(=O)Nc2ccccc2C(=O)N2CCOCC2)Oc2ccccc21. The highest BCUT2D eigenvalue weighted by molar-refractivity contribution is 7.92. The molecule has 1 fully saturated rings. The van der Waals surface area contributed by atoms with Gasteiger partial charge in [0.05, 0.1) is 43.0 Å². The van der Waals surface area contributed by atoms with E-state index in [4.69, 9.17) is 9.47 Å². The molecular weight excluding hydrogens is 422 g/mol. The molecule has 2 aromatic rings. The number of nitrogens with one attached hydrogen (secondary N) is 1. The molecule has 2 heterocycles. The van der Waals surface area contributed by atoms with Gasteiger partial charge in [0, 0.05) is 13.1 Å². The van der Waals surface area contributed by atoms with Crippen LogP contribution in [0, 0.1) is 0 Å². The van der Waals surface area contributed by atoms with Crippen molar-refractivity contribution in [2.75, 3.05) is 48.7 Å². The zero-order chi connectivity index (χ0) is 22.0. The molecule has 2 aliphatic rings. The Bertz CT molecular complexity index is 1100. The van der Waals surface area contributed by atoms with Crippen molar-refractivity contribution in [2.45, 2.75) is 6.10 Å². The van der Waals surface area contributed by atoms with Crippen molar-refractivity contribution >= 4 is 33.2 Å². The molecule has 0 aromatic heterocycles. The van der Waals surface area contributed by atoms with Crippen molar-refractivity contribution in [3.63, 3.8) is 0 Å². The van der Waals surface area contributed by atoms with Crippen molar-refractivity contribution in [3.8, 4) is 5.75 Å². The van der Waals surface area contributed by atoms with Crippen LogP contribution in [0.15, 0.2) is 48.5 Å². The van der Waals surface area contributed by atoms with Crippen molar-refractivity contribution < 1.29 is 27.5 Å². The van der Waals surface area contributed by atoms with Crippen LogP contribution >= 0.6 is 0 Å². The lowest BCUT2D eigenvalue weighted by Gasteiger charge is -2.34. The summed E-state index contributed by atoms with van der Waals surface area (Å²) in [7, 11) is -3.61. The van der Waals surface area contributed by atoms with Gasteiger partial charge in [0.15, 0.2) is 6.10 Å². The summed E-state index contributed by atoms with van der Waals surface area (Å²) >= 11 is 0. The smallest absolute Gasteiger partial charge is 0.267 e. The lowest BCUT2D eigenvalue weighted by molar-refractivity contribution is -0.122. The molecule has 164 valence electrons. The molecule has 0 spiro atoms. The van der Waals surface area contributed by atoms with E-state index < -0.39 is 22.0 Å². The molecule has 0 saturated carbocycles. The lowest BCUT2D eigenvalue weighted by atomic mass is 10.1. The van der Waals surface area contributed by atoms with Crippen LogP contribution in [0.25, 0.3) is 0 Å². The Morgan fingerprint density at radius 3 is 2.45 bits per heavy atom. The van der Waals surface area contributed by atoms with Gasteiger partial charge in [0.1, 0.15) is 5.75 Å². The molecule has 31 heavy (non-hydrogen) atoms. The van der Waals surface area contributed by atoms with E-state index >= 15 is 0 Å². The molecule has 2 aromatic carbocycles. The number of hydrogen-bond acceptors (Lipinski definition) is 6. The van der Waals surface area contributed by atoms with E-state index in [1.165, 1.54) is 0 Å². The summed E-state index contributed by atoms with van der Waals surface area (Å²) in [6, 6.07) is 13.4. The van der Waals surface area contributed by atoms with Gasteiger partial charge in [-0.2, -0.15) is 0 Å². The van der Waals surface area contributed by atoms with Crippen molar-refractivity contribution in [3.05, 3.63) is 54.1 Å². The summed E-state index contributed by atoms with van der Waals surface area (Å²) in [6.45, 7) is 1.73. The Kier molecular flexibility index (Phi) is 5.84. The largest absolute Gasteiger partial charge is 0.476 e. The van der Waals surface area contributed by atoms with Gasteiger partial charge in [-0.05, 0) is 24.3 Å². The normalized spacial score (nSPS) is 18.7. The van der Waals surface area contributed by atoms with E-state index in [1.54, 1.807) is 53.4 Å². The number of carbonyl (C=O) groups is 2. The maximum absolute atomic E-state index is 13.0. The van der Waals surface area contributed by atoms with E-state index in [0.29, 0.717) is 49.0 Å². The van der Waals surface area contributed by atoms with Crippen molar-refractivity contribution in [2.24, 2.45) is 0 Å². The minimum absolute atomic E-state index is 0.165. The number of anilines is 2. The molecule has 0 aliphatic carbocycles. The van der Waals surface area contributed by atoms with E-state index in [0.717, 1.165) is 10.6 Å². The van der Waals surface area contributed by atoms with Crippen LogP contribution in [-0.4, -0.2) is 70.3 Å². The van der Waals surface area contributed by atoms with Crippen LogP contribution in [0.3, 0.4) is 0 Å². The maximum atomic E-state index is 13.0. The Morgan fingerprint density at radius 2 is 1.71 bits per heavy atom. The first-order valence-corrected chi connectivity index (χ1v) is 11.7. The van der Waals surface area contributed by atoms with Crippen molar-refractivity contribution in [1.82, 2.24) is 4.90 Å². The number of fused-ring (bicyclic) bond motifs is 1. The minimum Gasteiger partial charge on any atom is -0.476 e. The topological polar surface area (TPSA) is 105 Å². The van der Waals surface area contributed by atoms with Gasteiger partial charge in [-0.25, -0.2) is 8.42 Å². The van der Waals surface area contributed by atoms with Crippen LogP contribution in [-0.2, 0) is 19.6 Å². The highest BCUT2D eigenvalue weighted by Gasteiger charge is 2.35. The zero-order valence-corrected chi connectivity index (χ0v) is 17.8. The second-order valence-corrected chi connectivity index (χ2v) is 9.21.